The molecule has 6 heteroatoms. The van der Waals surface area contributed by atoms with Crippen LogP contribution in [-0.2, 0) is 33.3 Å². The molecule has 0 atom stereocenters. The molecule has 0 N–H and O–H groups in total. The molecule has 0 unspecified atom stereocenters. The number of pyridine rings is 1. The van der Waals surface area contributed by atoms with Crippen molar-refractivity contribution in [1.82, 2.24) is 19.3 Å². The molecule has 0 saturated heterocycles. The molecule has 5 nitrogen and oxygen atoms in total. The summed E-state index contributed by atoms with van der Waals surface area (Å²) < 4.78 is 10.9. The second-order valence-electron chi connectivity index (χ2n) is 13.3. The third-order valence-electron chi connectivity index (χ3n) is 9.54. The molecule has 0 aliphatic rings. The van der Waals surface area contributed by atoms with Gasteiger partial charge in [-0.25, -0.2) is 4.98 Å². The van der Waals surface area contributed by atoms with Gasteiger partial charge in [-0.2, -0.15) is 17.2 Å². The Hall–Kier alpha value is -4.50. The first-order valence-electron chi connectivity index (χ1n) is 18.4. The van der Waals surface area contributed by atoms with Gasteiger partial charge in [-0.05, 0) is 73.0 Å². The number of nitrogens with zero attached hydrogens (tertiary/aromatic N) is 4. The van der Waals surface area contributed by atoms with E-state index in [1.165, 1.54) is 61.0 Å². The van der Waals surface area contributed by atoms with E-state index in [1.54, 1.807) is 0 Å². The third-order valence-corrected chi connectivity index (χ3v) is 9.54. The van der Waals surface area contributed by atoms with Gasteiger partial charge in [0, 0.05) is 34.5 Å². The molecular formula is C45H46N4OPd. The van der Waals surface area contributed by atoms with Crippen LogP contribution in [0.5, 0.6) is 11.5 Å². The van der Waals surface area contributed by atoms with Crippen molar-refractivity contribution < 1.29 is 25.2 Å². The predicted octanol–water partition coefficient (Wildman–Crippen LogP) is 12.0. The van der Waals surface area contributed by atoms with Crippen LogP contribution in [0.25, 0.3) is 44.4 Å². The average Bonchev–Trinajstić information content (AvgIpc) is 3.67. The summed E-state index contributed by atoms with van der Waals surface area (Å²) in [6.07, 6.45) is 13.4. The molecule has 0 aliphatic carbocycles. The van der Waals surface area contributed by atoms with Crippen molar-refractivity contribution in [2.24, 2.45) is 0 Å². The van der Waals surface area contributed by atoms with Gasteiger partial charge in [-0.3, -0.25) is 4.68 Å². The molecule has 0 aliphatic heterocycles. The van der Waals surface area contributed by atoms with Crippen LogP contribution in [0, 0.1) is 19.1 Å². The van der Waals surface area contributed by atoms with Gasteiger partial charge in [0.2, 0.25) is 0 Å². The van der Waals surface area contributed by atoms with E-state index in [2.05, 4.69) is 115 Å². The normalized spacial score (nSPS) is 11.3. The van der Waals surface area contributed by atoms with E-state index in [4.69, 9.17) is 14.8 Å². The molecule has 0 fully saturated rings. The molecule has 3 aromatic heterocycles. The Kier molecular flexibility index (Phi) is 12.2. The van der Waals surface area contributed by atoms with Crippen molar-refractivity contribution in [3.63, 3.8) is 0 Å². The van der Waals surface area contributed by atoms with Crippen LogP contribution in [0.3, 0.4) is 0 Å². The minimum absolute atomic E-state index is 0. The van der Waals surface area contributed by atoms with Crippen molar-refractivity contribution in [2.45, 2.75) is 85.0 Å². The van der Waals surface area contributed by atoms with Crippen molar-refractivity contribution in [3.8, 4) is 34.1 Å². The number of benzene rings is 4. The smallest absolute Gasteiger partial charge is 0.509 e. The van der Waals surface area contributed by atoms with E-state index in [9.17, 15) is 0 Å². The molecule has 7 aromatic rings. The summed E-state index contributed by atoms with van der Waals surface area (Å²) in [7, 11) is 0. The first kappa shape index (κ1) is 36.3. The average molecular weight is 765 g/mol. The Labute approximate surface area is 316 Å². The predicted molar refractivity (Wildman–Crippen MR) is 206 cm³/mol. The fraction of sp³-hybridized carbons (Fsp3) is 0.289. The summed E-state index contributed by atoms with van der Waals surface area (Å²) in [5.41, 5.74) is 9.03. The van der Waals surface area contributed by atoms with E-state index in [0.29, 0.717) is 11.5 Å². The van der Waals surface area contributed by atoms with Gasteiger partial charge >= 0.3 is 20.4 Å². The van der Waals surface area contributed by atoms with E-state index in [-0.39, 0.29) is 20.4 Å². The van der Waals surface area contributed by atoms with Crippen molar-refractivity contribution in [2.75, 3.05) is 0 Å². The van der Waals surface area contributed by atoms with Crippen LogP contribution in [0.2, 0.25) is 0 Å². The van der Waals surface area contributed by atoms with Crippen molar-refractivity contribution in [1.29, 1.82) is 0 Å². The first-order valence-corrected chi connectivity index (χ1v) is 18.4. The zero-order chi connectivity index (χ0) is 34.3. The SMILES string of the molecule is CCCCCCc1nn(-c2[c-]c(Oc3[c-]c4c(cc3)c3ccccc3n4-c3cc(C)ccn3)ccc2)c(CCCCCC)c1-c1ccccc1.[Pd+2]. The molecule has 0 amide bonds. The summed E-state index contributed by atoms with van der Waals surface area (Å²) >= 11 is 0. The maximum absolute atomic E-state index is 6.54. The molecule has 51 heavy (non-hydrogen) atoms. The maximum Gasteiger partial charge on any atom is 2.00 e. The second-order valence-corrected chi connectivity index (χ2v) is 13.3. The maximum atomic E-state index is 6.54. The van der Waals surface area contributed by atoms with Crippen molar-refractivity contribution in [3.05, 3.63) is 132 Å². The van der Waals surface area contributed by atoms with Crippen LogP contribution in [0.4, 0.5) is 0 Å². The van der Waals surface area contributed by atoms with Gasteiger partial charge in [0.1, 0.15) is 5.82 Å². The Morgan fingerprint density at radius 3 is 2.22 bits per heavy atom. The third kappa shape index (κ3) is 8.04. The quantitative estimate of drug-likeness (QED) is 0.0593. The minimum atomic E-state index is 0. The molecule has 262 valence electrons. The standard InChI is InChI=1S/C45H46N4O.Pd/c1-4-6-8-13-23-40-45(34-18-11-10-12-19-34)42(25-14-9-7-5-2)49(47-40)35-20-17-21-36(31-35)50-37-26-27-39-38-22-15-16-24-41(38)48(43(39)32-37)44-30-33(3)28-29-46-44;/h10-12,15-22,24,26-30H,4-9,13-14,23,25H2,1-3H3;/q-2;+2. The van der Waals surface area contributed by atoms with Gasteiger partial charge in [0.15, 0.2) is 0 Å². The number of ether oxygens (including phenoxy) is 1. The van der Waals surface area contributed by atoms with E-state index in [1.807, 2.05) is 30.5 Å². The van der Waals surface area contributed by atoms with E-state index < -0.39 is 0 Å². The van der Waals surface area contributed by atoms with Crippen LogP contribution in [0.1, 0.15) is 82.2 Å². The largest absolute Gasteiger partial charge is 2.00 e. The van der Waals surface area contributed by atoms with Crippen LogP contribution >= 0.6 is 0 Å². The molecule has 0 bridgehead atoms. The molecule has 0 radical (unpaired) electrons. The zero-order valence-electron chi connectivity index (χ0n) is 29.9. The second kappa shape index (κ2) is 17.1. The van der Waals surface area contributed by atoms with Gasteiger partial charge in [-0.15, -0.1) is 35.7 Å². The molecule has 3 heterocycles. The minimum Gasteiger partial charge on any atom is -0.509 e. The van der Waals surface area contributed by atoms with Gasteiger partial charge < -0.3 is 9.30 Å². The first-order chi connectivity index (χ1) is 24.6. The molecule has 7 rings (SSSR count). The summed E-state index contributed by atoms with van der Waals surface area (Å²) in [5.74, 6) is 2.13. The van der Waals surface area contributed by atoms with E-state index in [0.717, 1.165) is 64.6 Å². The Morgan fingerprint density at radius 1 is 0.686 bits per heavy atom. The number of fused-ring (bicyclic) bond motifs is 3. The summed E-state index contributed by atoms with van der Waals surface area (Å²) in [6, 6.07) is 40.8. The fourth-order valence-electron chi connectivity index (χ4n) is 7.04. The van der Waals surface area contributed by atoms with Crippen LogP contribution < -0.4 is 4.74 Å². The van der Waals surface area contributed by atoms with Gasteiger partial charge in [0.25, 0.3) is 0 Å². The van der Waals surface area contributed by atoms with Crippen molar-refractivity contribution >= 4 is 21.8 Å². The van der Waals surface area contributed by atoms with Gasteiger partial charge in [0.05, 0.1) is 5.69 Å². The summed E-state index contributed by atoms with van der Waals surface area (Å²) in [4.78, 5) is 4.73. The molecule has 0 saturated carbocycles. The van der Waals surface area contributed by atoms with E-state index >= 15 is 0 Å². The molecule has 0 spiro atoms. The number of hydrogen-bond donors (Lipinski definition) is 0. The number of aromatic nitrogens is 4. The Balaban J connectivity index is 0.00000448. The number of unbranched alkanes of at least 4 members (excludes halogenated alkanes) is 6. The summed E-state index contributed by atoms with van der Waals surface area (Å²) in [5, 5.41) is 7.60. The number of aryl methyl sites for hydroxylation is 2. The number of hydrogen-bond acceptors (Lipinski definition) is 3. The molecular weight excluding hydrogens is 719 g/mol. The Bertz CT molecular complexity index is 2200. The van der Waals surface area contributed by atoms with Gasteiger partial charge in [-0.1, -0.05) is 106 Å². The summed E-state index contributed by atoms with van der Waals surface area (Å²) in [6.45, 7) is 6.62. The zero-order valence-corrected chi connectivity index (χ0v) is 31.5. The molecule has 4 aromatic carbocycles. The number of rotatable bonds is 15. The van der Waals surface area contributed by atoms with Crippen LogP contribution in [0.15, 0.2) is 103 Å². The fourth-order valence-corrected chi connectivity index (χ4v) is 7.04. The Morgan fingerprint density at radius 2 is 1.43 bits per heavy atom. The monoisotopic (exact) mass is 764 g/mol. The van der Waals surface area contributed by atoms with Crippen LogP contribution in [-0.4, -0.2) is 19.3 Å². The topological polar surface area (TPSA) is 44.9 Å². The number of para-hydroxylation sites is 1.